The van der Waals surface area contributed by atoms with Gasteiger partial charge in [-0.15, -0.1) is 11.6 Å². The quantitative estimate of drug-likeness (QED) is 0.299. The summed E-state index contributed by atoms with van der Waals surface area (Å²) in [5.74, 6) is -0.00278. The number of hydrogen-bond donors (Lipinski definition) is 0. The van der Waals surface area contributed by atoms with Gasteiger partial charge < -0.3 is 4.74 Å². The molecule has 0 aromatic heterocycles. The third-order valence-electron chi connectivity index (χ3n) is 1.56. The van der Waals surface area contributed by atoms with Gasteiger partial charge in [-0.05, 0) is 12.8 Å². The molecular formula is C11H16Cl2O2. The van der Waals surface area contributed by atoms with E-state index in [2.05, 4.69) is 6.92 Å². The summed E-state index contributed by atoms with van der Waals surface area (Å²) >= 11 is 11.1. The zero-order valence-corrected chi connectivity index (χ0v) is 10.4. The zero-order valence-electron chi connectivity index (χ0n) is 8.84. The summed E-state index contributed by atoms with van der Waals surface area (Å²) in [7, 11) is 0. The number of rotatable bonds is 7. The van der Waals surface area contributed by atoms with Gasteiger partial charge in [0.1, 0.15) is 0 Å². The van der Waals surface area contributed by atoms with Crippen molar-refractivity contribution in [2.75, 3.05) is 12.5 Å². The van der Waals surface area contributed by atoms with E-state index in [9.17, 15) is 4.79 Å². The van der Waals surface area contributed by atoms with Crippen LogP contribution in [0.4, 0.5) is 0 Å². The molecule has 0 saturated heterocycles. The van der Waals surface area contributed by atoms with Crippen molar-refractivity contribution in [3.05, 3.63) is 23.3 Å². The number of alkyl halides is 1. The molecule has 0 rings (SSSR count). The summed E-state index contributed by atoms with van der Waals surface area (Å²) in [4.78, 5) is 11.1. The van der Waals surface area contributed by atoms with Crippen molar-refractivity contribution in [3.63, 3.8) is 0 Å². The van der Waals surface area contributed by atoms with Crippen LogP contribution in [0.25, 0.3) is 0 Å². The Labute approximate surface area is 101 Å². The van der Waals surface area contributed by atoms with E-state index in [1.165, 1.54) is 0 Å². The van der Waals surface area contributed by atoms with E-state index in [1.807, 2.05) is 12.2 Å². The van der Waals surface area contributed by atoms with E-state index in [0.29, 0.717) is 17.5 Å². The third-order valence-corrected chi connectivity index (χ3v) is 2.00. The van der Waals surface area contributed by atoms with E-state index >= 15 is 0 Å². The molecule has 0 aliphatic carbocycles. The van der Waals surface area contributed by atoms with Crippen molar-refractivity contribution in [3.8, 4) is 0 Å². The molecule has 0 spiro atoms. The first kappa shape index (κ1) is 14.5. The average Bonchev–Trinajstić information content (AvgIpc) is 2.17. The summed E-state index contributed by atoms with van der Waals surface area (Å²) < 4.78 is 4.95. The first-order chi connectivity index (χ1) is 7.20. The fourth-order valence-electron chi connectivity index (χ4n) is 0.870. The lowest BCUT2D eigenvalue weighted by Crippen LogP contribution is -2.05. The molecule has 0 aromatic carbocycles. The average molecular weight is 251 g/mol. The molecule has 4 heteroatoms. The van der Waals surface area contributed by atoms with Crippen LogP contribution >= 0.6 is 23.2 Å². The number of ether oxygens (including phenoxy) is 1. The second kappa shape index (κ2) is 10.1. The lowest BCUT2D eigenvalue weighted by molar-refractivity contribution is -0.142. The lowest BCUT2D eigenvalue weighted by atomic mass is 10.3. The highest BCUT2D eigenvalue weighted by atomic mass is 35.5. The van der Waals surface area contributed by atoms with Crippen LogP contribution in [0.2, 0.25) is 0 Å². The number of esters is 1. The Hall–Kier alpha value is -0.470. The summed E-state index contributed by atoms with van der Waals surface area (Å²) in [6.07, 6.45) is 7.46. The topological polar surface area (TPSA) is 26.3 Å². The monoisotopic (exact) mass is 250 g/mol. The van der Waals surface area contributed by atoms with E-state index in [1.54, 1.807) is 6.08 Å². The van der Waals surface area contributed by atoms with Gasteiger partial charge in [0.2, 0.25) is 0 Å². The van der Waals surface area contributed by atoms with Crippen molar-refractivity contribution in [1.29, 1.82) is 0 Å². The highest BCUT2D eigenvalue weighted by Crippen LogP contribution is 2.08. The Morgan fingerprint density at radius 1 is 1.40 bits per heavy atom. The second-order valence-electron chi connectivity index (χ2n) is 2.87. The lowest BCUT2D eigenvalue weighted by Gasteiger charge is -2.01. The summed E-state index contributed by atoms with van der Waals surface area (Å²) in [6.45, 7) is 2.46. The van der Waals surface area contributed by atoms with Gasteiger partial charge >= 0.3 is 5.97 Å². The molecule has 0 saturated carbocycles. The van der Waals surface area contributed by atoms with E-state index < -0.39 is 0 Å². The summed E-state index contributed by atoms with van der Waals surface area (Å²) in [6, 6.07) is 0. The molecule has 0 bridgehead atoms. The number of halogens is 2. The minimum atomic E-state index is -0.314. The van der Waals surface area contributed by atoms with Crippen LogP contribution in [0.5, 0.6) is 0 Å². The first-order valence-electron chi connectivity index (χ1n) is 4.91. The van der Waals surface area contributed by atoms with E-state index in [4.69, 9.17) is 27.9 Å². The number of carbonyl (C=O) groups is 1. The number of allylic oxidation sites excluding steroid dienone is 2. The molecular weight excluding hydrogens is 235 g/mol. The van der Waals surface area contributed by atoms with Crippen LogP contribution in [0.3, 0.4) is 0 Å². The van der Waals surface area contributed by atoms with Crippen LogP contribution in [-0.2, 0) is 9.53 Å². The molecule has 0 aliphatic rings. The van der Waals surface area contributed by atoms with Gasteiger partial charge in [0, 0.05) is 10.9 Å². The Morgan fingerprint density at radius 3 is 2.73 bits per heavy atom. The summed E-state index contributed by atoms with van der Waals surface area (Å²) in [5, 5.41) is 0.430. The summed E-state index contributed by atoms with van der Waals surface area (Å²) in [5.41, 5.74) is 0. The predicted molar refractivity (Wildman–Crippen MR) is 64.3 cm³/mol. The molecule has 0 fully saturated rings. The maximum atomic E-state index is 11.1. The number of hydrogen-bond acceptors (Lipinski definition) is 2. The van der Waals surface area contributed by atoms with Crippen LogP contribution < -0.4 is 0 Å². The van der Waals surface area contributed by atoms with Crippen molar-refractivity contribution < 1.29 is 9.53 Å². The molecule has 0 aliphatic heterocycles. The van der Waals surface area contributed by atoms with Crippen LogP contribution in [0.1, 0.15) is 26.2 Å². The standard InChI is InChI=1S/C11H16Cl2O2/c1-2-3-4-5-8-15-11(14)9-10(13)6-7-12/h3-4,6H,2,5,7-9H2,1H3/b4-3-,10-6-. The van der Waals surface area contributed by atoms with Crippen molar-refractivity contribution >= 4 is 29.2 Å². The van der Waals surface area contributed by atoms with E-state index in [0.717, 1.165) is 12.8 Å². The molecule has 0 atom stereocenters. The molecule has 86 valence electrons. The van der Waals surface area contributed by atoms with Crippen molar-refractivity contribution in [1.82, 2.24) is 0 Å². The van der Waals surface area contributed by atoms with Gasteiger partial charge in [0.25, 0.3) is 0 Å². The molecule has 15 heavy (non-hydrogen) atoms. The van der Waals surface area contributed by atoms with Gasteiger partial charge in [-0.2, -0.15) is 0 Å². The molecule has 0 N–H and O–H groups in total. The fourth-order valence-corrected chi connectivity index (χ4v) is 1.32. The maximum Gasteiger partial charge on any atom is 0.311 e. The zero-order chi connectivity index (χ0) is 11.5. The van der Waals surface area contributed by atoms with Gasteiger partial charge in [-0.3, -0.25) is 4.79 Å². The molecule has 0 aromatic rings. The SMILES string of the molecule is CC/C=C\CCOC(=O)C/C(Cl)=C/CCl. The maximum absolute atomic E-state index is 11.1. The third kappa shape index (κ3) is 9.83. The van der Waals surface area contributed by atoms with Crippen molar-refractivity contribution in [2.45, 2.75) is 26.2 Å². The first-order valence-corrected chi connectivity index (χ1v) is 5.83. The molecule has 0 unspecified atom stereocenters. The number of carbonyl (C=O) groups excluding carboxylic acids is 1. The van der Waals surface area contributed by atoms with Gasteiger partial charge in [0.05, 0.1) is 13.0 Å². The minimum absolute atomic E-state index is 0.103. The normalized spacial score (nSPS) is 12.1. The Morgan fingerprint density at radius 2 is 2.13 bits per heavy atom. The van der Waals surface area contributed by atoms with E-state index in [-0.39, 0.29) is 12.4 Å². The Balaban J connectivity index is 3.58. The molecule has 0 radical (unpaired) electrons. The van der Waals surface area contributed by atoms with Gasteiger partial charge in [0.15, 0.2) is 0 Å². The van der Waals surface area contributed by atoms with Crippen LogP contribution in [0, 0.1) is 0 Å². The van der Waals surface area contributed by atoms with Crippen LogP contribution in [-0.4, -0.2) is 18.5 Å². The van der Waals surface area contributed by atoms with Crippen LogP contribution in [0.15, 0.2) is 23.3 Å². The fraction of sp³-hybridized carbons (Fsp3) is 0.545. The Kier molecular flexibility index (Phi) is 9.75. The highest BCUT2D eigenvalue weighted by Gasteiger charge is 2.04. The highest BCUT2D eigenvalue weighted by molar-refractivity contribution is 6.31. The Bertz CT molecular complexity index is 235. The largest absolute Gasteiger partial charge is 0.465 e. The smallest absolute Gasteiger partial charge is 0.311 e. The second-order valence-corrected chi connectivity index (χ2v) is 3.66. The van der Waals surface area contributed by atoms with Gasteiger partial charge in [-0.1, -0.05) is 36.8 Å². The van der Waals surface area contributed by atoms with Gasteiger partial charge in [-0.25, -0.2) is 0 Å². The van der Waals surface area contributed by atoms with Crippen molar-refractivity contribution in [2.24, 2.45) is 0 Å². The minimum Gasteiger partial charge on any atom is -0.465 e. The predicted octanol–water partition coefficient (Wildman–Crippen LogP) is 3.64. The molecule has 0 amide bonds. The molecule has 0 heterocycles. The molecule has 2 nitrogen and oxygen atoms in total.